The molecule has 1 N–H and O–H groups in total. The second-order valence-corrected chi connectivity index (χ2v) is 4.30. The van der Waals surface area contributed by atoms with Crippen LogP contribution in [0, 0.1) is 5.92 Å². The molecule has 2 rings (SSSR count). The SMILES string of the molecule is O=CN1CCN(CC2CCNC2)CC1. The second-order valence-electron chi connectivity index (χ2n) is 4.30. The summed E-state index contributed by atoms with van der Waals surface area (Å²) in [6.45, 7) is 7.48. The largest absolute Gasteiger partial charge is 0.343 e. The van der Waals surface area contributed by atoms with Gasteiger partial charge in [-0.25, -0.2) is 0 Å². The van der Waals surface area contributed by atoms with Crippen molar-refractivity contribution in [2.75, 3.05) is 45.8 Å². The summed E-state index contributed by atoms with van der Waals surface area (Å²) in [5, 5.41) is 3.39. The van der Waals surface area contributed by atoms with Gasteiger partial charge >= 0.3 is 0 Å². The highest BCUT2D eigenvalue weighted by Gasteiger charge is 2.21. The summed E-state index contributed by atoms with van der Waals surface area (Å²) < 4.78 is 0. The van der Waals surface area contributed by atoms with Crippen LogP contribution in [0.25, 0.3) is 0 Å². The first kappa shape index (κ1) is 9.93. The normalized spacial score (nSPS) is 29.4. The summed E-state index contributed by atoms with van der Waals surface area (Å²) in [5.41, 5.74) is 0. The summed E-state index contributed by atoms with van der Waals surface area (Å²) >= 11 is 0. The van der Waals surface area contributed by atoms with Crippen LogP contribution in [-0.4, -0.2) is 62.0 Å². The van der Waals surface area contributed by atoms with Crippen molar-refractivity contribution in [3.05, 3.63) is 0 Å². The first-order chi connectivity index (χ1) is 6.88. The third-order valence-corrected chi connectivity index (χ3v) is 3.23. The number of carbonyl (C=O) groups excluding carboxylic acids is 1. The molecule has 0 aromatic rings. The van der Waals surface area contributed by atoms with Crippen LogP contribution in [0.2, 0.25) is 0 Å². The zero-order valence-electron chi connectivity index (χ0n) is 8.61. The van der Waals surface area contributed by atoms with Gasteiger partial charge in [0.25, 0.3) is 0 Å². The minimum Gasteiger partial charge on any atom is -0.343 e. The third kappa shape index (κ3) is 2.45. The lowest BCUT2D eigenvalue weighted by atomic mass is 10.1. The predicted molar refractivity (Wildman–Crippen MR) is 55.1 cm³/mol. The Morgan fingerprint density at radius 1 is 1.29 bits per heavy atom. The number of amides is 1. The highest BCUT2D eigenvalue weighted by atomic mass is 16.1. The molecule has 14 heavy (non-hydrogen) atoms. The topological polar surface area (TPSA) is 35.6 Å². The summed E-state index contributed by atoms with van der Waals surface area (Å²) in [4.78, 5) is 14.9. The average molecular weight is 197 g/mol. The number of hydrogen-bond donors (Lipinski definition) is 1. The Kier molecular flexibility index (Phi) is 3.37. The number of piperazine rings is 1. The lowest BCUT2D eigenvalue weighted by molar-refractivity contribution is -0.119. The summed E-state index contributed by atoms with van der Waals surface area (Å²) in [6, 6.07) is 0. The first-order valence-electron chi connectivity index (χ1n) is 5.51. The smallest absolute Gasteiger partial charge is 0.209 e. The van der Waals surface area contributed by atoms with Crippen molar-refractivity contribution in [3.8, 4) is 0 Å². The van der Waals surface area contributed by atoms with Crippen molar-refractivity contribution < 1.29 is 4.79 Å². The minimum atomic E-state index is 0.831. The summed E-state index contributed by atoms with van der Waals surface area (Å²) in [7, 11) is 0. The van der Waals surface area contributed by atoms with E-state index in [1.807, 2.05) is 4.90 Å². The fourth-order valence-electron chi connectivity index (χ4n) is 2.29. The van der Waals surface area contributed by atoms with Crippen LogP contribution in [0.5, 0.6) is 0 Å². The Labute approximate surface area is 85.2 Å². The van der Waals surface area contributed by atoms with E-state index in [2.05, 4.69) is 10.2 Å². The molecule has 80 valence electrons. The Bertz CT molecular complexity index is 184. The van der Waals surface area contributed by atoms with Gasteiger partial charge in [0.15, 0.2) is 0 Å². The van der Waals surface area contributed by atoms with Gasteiger partial charge in [0.05, 0.1) is 0 Å². The van der Waals surface area contributed by atoms with Crippen LogP contribution in [0.15, 0.2) is 0 Å². The molecule has 0 bridgehead atoms. The molecule has 0 spiro atoms. The zero-order chi connectivity index (χ0) is 9.80. The number of nitrogens with zero attached hydrogens (tertiary/aromatic N) is 2. The van der Waals surface area contributed by atoms with Crippen LogP contribution >= 0.6 is 0 Å². The monoisotopic (exact) mass is 197 g/mol. The molecule has 2 aliphatic heterocycles. The molecule has 4 heteroatoms. The molecule has 0 aromatic carbocycles. The molecule has 0 radical (unpaired) electrons. The van der Waals surface area contributed by atoms with Crippen molar-refractivity contribution in [1.29, 1.82) is 0 Å². The fraction of sp³-hybridized carbons (Fsp3) is 0.900. The molecule has 0 aromatic heterocycles. The van der Waals surface area contributed by atoms with E-state index in [4.69, 9.17) is 0 Å². The Hall–Kier alpha value is -0.610. The van der Waals surface area contributed by atoms with E-state index in [0.717, 1.165) is 38.5 Å². The maximum atomic E-state index is 10.5. The molecule has 1 amide bonds. The Balaban J connectivity index is 1.69. The number of hydrogen-bond acceptors (Lipinski definition) is 3. The molecule has 2 heterocycles. The number of rotatable bonds is 3. The third-order valence-electron chi connectivity index (χ3n) is 3.23. The van der Waals surface area contributed by atoms with Crippen molar-refractivity contribution in [3.63, 3.8) is 0 Å². The zero-order valence-corrected chi connectivity index (χ0v) is 8.61. The highest BCUT2D eigenvalue weighted by Crippen LogP contribution is 2.11. The van der Waals surface area contributed by atoms with Gasteiger partial charge in [-0.2, -0.15) is 0 Å². The van der Waals surface area contributed by atoms with Crippen LogP contribution in [0.4, 0.5) is 0 Å². The molecule has 0 saturated carbocycles. The van der Waals surface area contributed by atoms with E-state index in [1.54, 1.807) is 0 Å². The maximum absolute atomic E-state index is 10.5. The molecular formula is C10H19N3O. The summed E-state index contributed by atoms with van der Waals surface area (Å²) in [5.74, 6) is 0.831. The van der Waals surface area contributed by atoms with Crippen LogP contribution in [-0.2, 0) is 4.79 Å². The molecule has 2 fully saturated rings. The van der Waals surface area contributed by atoms with E-state index in [9.17, 15) is 4.79 Å². The van der Waals surface area contributed by atoms with Crippen molar-refractivity contribution in [2.45, 2.75) is 6.42 Å². The maximum Gasteiger partial charge on any atom is 0.209 e. The molecular weight excluding hydrogens is 178 g/mol. The van der Waals surface area contributed by atoms with Crippen molar-refractivity contribution in [2.24, 2.45) is 5.92 Å². The van der Waals surface area contributed by atoms with Gasteiger partial charge in [-0.05, 0) is 25.4 Å². The first-order valence-corrected chi connectivity index (χ1v) is 5.51. The second kappa shape index (κ2) is 4.75. The van der Waals surface area contributed by atoms with Gasteiger partial charge in [0, 0.05) is 32.7 Å². The van der Waals surface area contributed by atoms with E-state index in [-0.39, 0.29) is 0 Å². The molecule has 2 aliphatic rings. The van der Waals surface area contributed by atoms with E-state index < -0.39 is 0 Å². The van der Waals surface area contributed by atoms with Crippen molar-refractivity contribution >= 4 is 6.41 Å². The standard InChI is InChI=1S/C10H19N3O/c14-9-13-5-3-12(4-6-13)8-10-1-2-11-7-10/h9-11H,1-8H2. The van der Waals surface area contributed by atoms with Crippen LogP contribution < -0.4 is 5.32 Å². The predicted octanol–water partition coefficient (Wildman–Crippen LogP) is -0.630. The molecule has 2 saturated heterocycles. The lowest BCUT2D eigenvalue weighted by Crippen LogP contribution is -2.47. The van der Waals surface area contributed by atoms with Crippen molar-refractivity contribution in [1.82, 2.24) is 15.1 Å². The summed E-state index contributed by atoms with van der Waals surface area (Å²) in [6.07, 6.45) is 2.28. The average Bonchev–Trinajstić information content (AvgIpc) is 2.72. The van der Waals surface area contributed by atoms with E-state index >= 15 is 0 Å². The van der Waals surface area contributed by atoms with Gasteiger partial charge in [-0.3, -0.25) is 9.69 Å². The molecule has 0 aliphatic carbocycles. The molecule has 1 atom stereocenters. The number of carbonyl (C=O) groups is 1. The molecule has 1 unspecified atom stereocenters. The lowest BCUT2D eigenvalue weighted by Gasteiger charge is -2.33. The van der Waals surface area contributed by atoms with Gasteiger partial charge in [-0.1, -0.05) is 0 Å². The van der Waals surface area contributed by atoms with E-state index in [1.165, 1.54) is 26.1 Å². The Morgan fingerprint density at radius 3 is 2.64 bits per heavy atom. The van der Waals surface area contributed by atoms with Gasteiger partial charge in [0.2, 0.25) is 6.41 Å². The quantitative estimate of drug-likeness (QED) is 0.612. The Morgan fingerprint density at radius 2 is 2.07 bits per heavy atom. The van der Waals surface area contributed by atoms with E-state index in [0.29, 0.717) is 0 Å². The van der Waals surface area contributed by atoms with Gasteiger partial charge in [0.1, 0.15) is 0 Å². The minimum absolute atomic E-state index is 0.831. The highest BCUT2D eigenvalue weighted by molar-refractivity contribution is 5.47. The fourth-order valence-corrected chi connectivity index (χ4v) is 2.29. The van der Waals surface area contributed by atoms with Gasteiger partial charge < -0.3 is 10.2 Å². The molecule has 4 nitrogen and oxygen atoms in total. The number of nitrogens with one attached hydrogen (secondary N) is 1. The van der Waals surface area contributed by atoms with Crippen LogP contribution in [0.3, 0.4) is 0 Å². The van der Waals surface area contributed by atoms with Crippen LogP contribution in [0.1, 0.15) is 6.42 Å². The van der Waals surface area contributed by atoms with Gasteiger partial charge in [-0.15, -0.1) is 0 Å².